The fourth-order valence-corrected chi connectivity index (χ4v) is 3.16. The van der Waals surface area contributed by atoms with Gasteiger partial charge in [-0.2, -0.15) is 4.98 Å². The minimum Gasteiger partial charge on any atom is -0.339 e. The number of halogens is 1. The molecule has 0 spiro atoms. The lowest BCUT2D eigenvalue weighted by Crippen LogP contribution is -2.35. The fourth-order valence-electron chi connectivity index (χ4n) is 3.16. The molecular weight excluding hydrogens is 333 g/mol. The average Bonchev–Trinajstić information content (AvgIpc) is 3.18. The highest BCUT2D eigenvalue weighted by molar-refractivity contribution is 5.95. The van der Waals surface area contributed by atoms with E-state index in [-0.39, 0.29) is 17.4 Å². The summed E-state index contributed by atoms with van der Waals surface area (Å²) in [5, 5.41) is 3.94. The Morgan fingerprint density at radius 3 is 2.65 bits per heavy atom. The van der Waals surface area contributed by atoms with Crippen molar-refractivity contribution in [3.05, 3.63) is 59.9 Å². The molecule has 1 aliphatic rings. The maximum absolute atomic E-state index is 13.9. The van der Waals surface area contributed by atoms with E-state index in [1.165, 1.54) is 12.5 Å². The van der Waals surface area contributed by atoms with E-state index in [1.807, 2.05) is 11.0 Å². The summed E-state index contributed by atoms with van der Waals surface area (Å²) in [6, 6.07) is 13.4. The van der Waals surface area contributed by atoms with Gasteiger partial charge in [-0.3, -0.25) is 4.79 Å². The van der Waals surface area contributed by atoms with Gasteiger partial charge in [-0.1, -0.05) is 29.4 Å². The van der Waals surface area contributed by atoms with Gasteiger partial charge in [0, 0.05) is 24.2 Å². The van der Waals surface area contributed by atoms with Gasteiger partial charge >= 0.3 is 0 Å². The second-order valence-electron chi connectivity index (χ2n) is 6.34. The quantitative estimate of drug-likeness (QED) is 0.711. The lowest BCUT2D eigenvalue weighted by atomic mass is 10.1. The third kappa shape index (κ3) is 3.22. The molecule has 4 rings (SSSR count). The number of piperidine rings is 1. The number of hydrogen-bond acceptors (Lipinski definition) is 4. The maximum atomic E-state index is 13.9. The van der Waals surface area contributed by atoms with Crippen molar-refractivity contribution < 1.29 is 13.7 Å². The van der Waals surface area contributed by atoms with E-state index in [2.05, 4.69) is 10.1 Å². The van der Waals surface area contributed by atoms with E-state index in [4.69, 9.17) is 4.52 Å². The van der Waals surface area contributed by atoms with E-state index in [0.29, 0.717) is 17.0 Å². The lowest BCUT2D eigenvalue weighted by molar-refractivity contribution is 0.0724. The minimum absolute atomic E-state index is 0.0179. The lowest BCUT2D eigenvalue weighted by Gasteiger charge is -2.26. The highest BCUT2D eigenvalue weighted by atomic mass is 19.1. The van der Waals surface area contributed by atoms with Gasteiger partial charge in [0.15, 0.2) is 0 Å². The van der Waals surface area contributed by atoms with Crippen molar-refractivity contribution in [1.29, 1.82) is 0 Å². The summed E-state index contributed by atoms with van der Waals surface area (Å²) in [4.78, 5) is 18.8. The standard InChI is InChI=1S/C20H18FN3O2/c21-17-10-3-2-9-16(17)19-22-18(23-26-19)14-7-6-8-15(13-14)20(25)24-11-4-1-5-12-24/h2-3,6-10,13H,1,4-5,11-12H2. The maximum Gasteiger partial charge on any atom is 0.261 e. The molecule has 5 nitrogen and oxygen atoms in total. The van der Waals surface area contributed by atoms with Crippen LogP contribution in [0.25, 0.3) is 22.8 Å². The molecule has 132 valence electrons. The molecule has 1 amide bonds. The molecule has 0 aliphatic carbocycles. The molecule has 0 saturated carbocycles. The number of rotatable bonds is 3. The van der Waals surface area contributed by atoms with Gasteiger partial charge in [0.2, 0.25) is 5.82 Å². The number of likely N-dealkylation sites (tertiary alicyclic amines) is 1. The van der Waals surface area contributed by atoms with Crippen LogP contribution in [0.5, 0.6) is 0 Å². The van der Waals surface area contributed by atoms with Crippen molar-refractivity contribution in [2.75, 3.05) is 13.1 Å². The molecule has 2 heterocycles. The molecule has 0 bridgehead atoms. The van der Waals surface area contributed by atoms with Crippen LogP contribution in [0.15, 0.2) is 53.1 Å². The number of amides is 1. The zero-order valence-electron chi connectivity index (χ0n) is 14.2. The molecule has 0 atom stereocenters. The molecule has 0 unspecified atom stereocenters. The third-order valence-corrected chi connectivity index (χ3v) is 4.54. The van der Waals surface area contributed by atoms with Crippen LogP contribution in [0.1, 0.15) is 29.6 Å². The Bertz CT molecular complexity index is 932. The van der Waals surface area contributed by atoms with Gasteiger partial charge in [-0.15, -0.1) is 0 Å². The Kier molecular flexibility index (Phi) is 4.48. The summed E-state index contributed by atoms with van der Waals surface area (Å²) < 4.78 is 19.1. The average molecular weight is 351 g/mol. The highest BCUT2D eigenvalue weighted by Crippen LogP contribution is 2.25. The van der Waals surface area contributed by atoms with E-state index in [1.54, 1.807) is 36.4 Å². The highest BCUT2D eigenvalue weighted by Gasteiger charge is 2.19. The van der Waals surface area contributed by atoms with Gasteiger partial charge in [0.1, 0.15) is 5.82 Å². The van der Waals surface area contributed by atoms with Gasteiger partial charge in [-0.05, 0) is 43.5 Å². The van der Waals surface area contributed by atoms with Crippen LogP contribution in [0.4, 0.5) is 4.39 Å². The summed E-state index contributed by atoms with van der Waals surface area (Å²) in [6.07, 6.45) is 3.26. The Hall–Kier alpha value is -3.02. The predicted octanol–water partition coefficient (Wildman–Crippen LogP) is 4.17. The van der Waals surface area contributed by atoms with Crippen molar-refractivity contribution in [3.8, 4) is 22.8 Å². The zero-order chi connectivity index (χ0) is 17.9. The molecule has 1 fully saturated rings. The van der Waals surface area contributed by atoms with Crippen molar-refractivity contribution in [1.82, 2.24) is 15.0 Å². The molecule has 0 radical (unpaired) electrons. The van der Waals surface area contributed by atoms with Crippen LogP contribution >= 0.6 is 0 Å². The van der Waals surface area contributed by atoms with E-state index < -0.39 is 5.82 Å². The summed E-state index contributed by atoms with van der Waals surface area (Å²) in [5.74, 6) is 0.0449. The molecule has 2 aromatic carbocycles. The minimum atomic E-state index is -0.420. The Balaban J connectivity index is 1.61. The molecular formula is C20H18FN3O2. The Labute approximate surface area is 150 Å². The number of nitrogens with zero attached hydrogens (tertiary/aromatic N) is 3. The van der Waals surface area contributed by atoms with Gasteiger partial charge in [0.05, 0.1) is 5.56 Å². The number of aromatic nitrogens is 2. The van der Waals surface area contributed by atoms with Crippen molar-refractivity contribution >= 4 is 5.91 Å². The van der Waals surface area contributed by atoms with Crippen molar-refractivity contribution in [2.24, 2.45) is 0 Å². The number of benzene rings is 2. The first-order valence-electron chi connectivity index (χ1n) is 8.71. The number of hydrogen-bond donors (Lipinski definition) is 0. The van der Waals surface area contributed by atoms with Crippen molar-refractivity contribution in [3.63, 3.8) is 0 Å². The second-order valence-corrected chi connectivity index (χ2v) is 6.34. The normalized spacial score (nSPS) is 14.4. The molecule has 0 N–H and O–H groups in total. The topological polar surface area (TPSA) is 59.2 Å². The molecule has 1 aromatic heterocycles. The predicted molar refractivity (Wildman–Crippen MR) is 94.9 cm³/mol. The number of carbonyl (C=O) groups is 1. The first kappa shape index (κ1) is 16.4. The van der Waals surface area contributed by atoms with Crippen LogP contribution in [-0.4, -0.2) is 34.0 Å². The fraction of sp³-hybridized carbons (Fsp3) is 0.250. The van der Waals surface area contributed by atoms with Crippen LogP contribution < -0.4 is 0 Å². The SMILES string of the molecule is O=C(c1cccc(-c2noc(-c3ccccc3F)n2)c1)N1CCCCC1. The third-order valence-electron chi connectivity index (χ3n) is 4.54. The molecule has 26 heavy (non-hydrogen) atoms. The monoisotopic (exact) mass is 351 g/mol. The van der Waals surface area contributed by atoms with E-state index in [0.717, 1.165) is 25.9 Å². The first-order valence-corrected chi connectivity index (χ1v) is 8.71. The first-order chi connectivity index (χ1) is 12.7. The van der Waals surface area contributed by atoms with Gasteiger partial charge in [-0.25, -0.2) is 4.39 Å². The van der Waals surface area contributed by atoms with Gasteiger partial charge < -0.3 is 9.42 Å². The summed E-state index contributed by atoms with van der Waals surface area (Å²) in [6.45, 7) is 1.59. The molecule has 1 aliphatic heterocycles. The van der Waals surface area contributed by atoms with Crippen molar-refractivity contribution in [2.45, 2.75) is 19.3 Å². The molecule has 1 saturated heterocycles. The molecule has 3 aromatic rings. The Morgan fingerprint density at radius 1 is 1.04 bits per heavy atom. The summed E-state index contributed by atoms with van der Waals surface area (Å²) in [5.41, 5.74) is 1.52. The van der Waals surface area contributed by atoms with Crippen LogP contribution in [0, 0.1) is 5.82 Å². The summed E-state index contributed by atoms with van der Waals surface area (Å²) in [7, 11) is 0. The van der Waals surface area contributed by atoms with Crippen LogP contribution in [-0.2, 0) is 0 Å². The zero-order valence-corrected chi connectivity index (χ0v) is 14.2. The molecule has 6 heteroatoms. The second kappa shape index (κ2) is 7.07. The van der Waals surface area contributed by atoms with Crippen LogP contribution in [0.3, 0.4) is 0 Å². The summed E-state index contributed by atoms with van der Waals surface area (Å²) >= 11 is 0. The van der Waals surface area contributed by atoms with E-state index in [9.17, 15) is 9.18 Å². The largest absolute Gasteiger partial charge is 0.339 e. The van der Waals surface area contributed by atoms with Gasteiger partial charge in [0.25, 0.3) is 11.8 Å². The smallest absolute Gasteiger partial charge is 0.261 e. The van der Waals surface area contributed by atoms with E-state index >= 15 is 0 Å². The Morgan fingerprint density at radius 2 is 1.85 bits per heavy atom. The number of carbonyl (C=O) groups excluding carboxylic acids is 1. The van der Waals surface area contributed by atoms with Crippen LogP contribution in [0.2, 0.25) is 0 Å².